The number of carbonyl (C=O) groups excluding carboxylic acids is 1. The van der Waals surface area contributed by atoms with E-state index in [1.54, 1.807) is 0 Å². The van der Waals surface area contributed by atoms with E-state index in [0.29, 0.717) is 12.2 Å². The van der Waals surface area contributed by atoms with Gasteiger partial charge in [0.15, 0.2) is 0 Å². The van der Waals surface area contributed by atoms with Crippen molar-refractivity contribution in [2.45, 2.75) is 32.1 Å². The number of fused-ring (bicyclic) bond motifs is 1. The Labute approximate surface area is 108 Å². The molecule has 18 heavy (non-hydrogen) atoms. The van der Waals surface area contributed by atoms with E-state index in [-0.39, 0.29) is 0 Å². The lowest BCUT2D eigenvalue weighted by atomic mass is 10.0. The van der Waals surface area contributed by atoms with Crippen LogP contribution in [0.1, 0.15) is 31.2 Å². The minimum Gasteiger partial charge on any atom is -0.299 e. The van der Waals surface area contributed by atoms with Crippen molar-refractivity contribution in [3.63, 3.8) is 0 Å². The van der Waals surface area contributed by atoms with Crippen LogP contribution in [0.25, 0.3) is 10.8 Å². The molecule has 0 atom stereocenters. The summed E-state index contributed by atoms with van der Waals surface area (Å²) >= 11 is 0. The quantitative estimate of drug-likeness (QED) is 0.765. The lowest BCUT2D eigenvalue weighted by Gasteiger charge is -2.03. The third-order valence-electron chi connectivity index (χ3n) is 3.74. The molecule has 1 fully saturated rings. The summed E-state index contributed by atoms with van der Waals surface area (Å²) in [6.07, 6.45) is 5.13. The van der Waals surface area contributed by atoms with Gasteiger partial charge in [-0.15, -0.1) is 0 Å². The third-order valence-corrected chi connectivity index (χ3v) is 3.74. The molecule has 0 spiro atoms. The van der Waals surface area contributed by atoms with Crippen molar-refractivity contribution in [3.8, 4) is 0 Å². The van der Waals surface area contributed by atoms with Gasteiger partial charge in [-0.2, -0.15) is 0 Å². The van der Waals surface area contributed by atoms with E-state index in [4.69, 9.17) is 0 Å². The Balaban J connectivity index is 1.67. The molecule has 2 aromatic rings. The summed E-state index contributed by atoms with van der Waals surface area (Å²) in [6.45, 7) is 0. The maximum absolute atomic E-state index is 11.9. The predicted octanol–water partition coefficient (Wildman–Crippen LogP) is 4.14. The largest absolute Gasteiger partial charge is 0.299 e. The summed E-state index contributed by atoms with van der Waals surface area (Å²) in [4.78, 5) is 11.9. The molecule has 1 nitrogen and oxygen atoms in total. The van der Waals surface area contributed by atoms with Gasteiger partial charge in [0.1, 0.15) is 5.78 Å². The highest BCUT2D eigenvalue weighted by molar-refractivity contribution is 5.86. The van der Waals surface area contributed by atoms with Crippen molar-refractivity contribution in [1.82, 2.24) is 0 Å². The van der Waals surface area contributed by atoms with Crippen molar-refractivity contribution in [3.05, 3.63) is 48.0 Å². The second-order valence-electron chi connectivity index (χ2n) is 5.38. The molecular weight excluding hydrogens is 220 g/mol. The van der Waals surface area contributed by atoms with E-state index in [1.165, 1.54) is 23.6 Å². The van der Waals surface area contributed by atoms with Crippen molar-refractivity contribution < 1.29 is 4.79 Å². The van der Waals surface area contributed by atoms with Crippen LogP contribution >= 0.6 is 0 Å². The standard InChI is InChI=1S/C17H18O/c18-17(10-8-13-5-6-13)12-14-7-9-15-3-1-2-4-16(15)11-14/h1-4,7,9,11,13H,5-6,8,10,12H2. The molecule has 0 aliphatic heterocycles. The van der Waals surface area contributed by atoms with E-state index in [2.05, 4.69) is 30.3 Å². The summed E-state index contributed by atoms with van der Waals surface area (Å²) in [5.41, 5.74) is 1.15. The van der Waals surface area contributed by atoms with Gasteiger partial charge in [0.05, 0.1) is 0 Å². The highest BCUT2D eigenvalue weighted by Crippen LogP contribution is 2.33. The van der Waals surface area contributed by atoms with Crippen LogP contribution < -0.4 is 0 Å². The Morgan fingerprint density at radius 1 is 1.06 bits per heavy atom. The first-order chi connectivity index (χ1) is 8.81. The molecule has 2 aromatic carbocycles. The second-order valence-corrected chi connectivity index (χ2v) is 5.38. The van der Waals surface area contributed by atoms with Crippen LogP contribution in [0.5, 0.6) is 0 Å². The van der Waals surface area contributed by atoms with Crippen LogP contribution in [0.15, 0.2) is 42.5 Å². The van der Waals surface area contributed by atoms with E-state index < -0.39 is 0 Å². The van der Waals surface area contributed by atoms with Gasteiger partial charge in [0, 0.05) is 12.8 Å². The molecule has 3 rings (SSSR count). The molecular formula is C17H18O. The van der Waals surface area contributed by atoms with E-state index in [1.807, 2.05) is 12.1 Å². The molecule has 0 saturated heterocycles. The van der Waals surface area contributed by atoms with E-state index in [9.17, 15) is 4.79 Å². The zero-order chi connectivity index (χ0) is 12.4. The number of Topliss-reactive ketones (excluding diaryl/α,β-unsaturated/α-hetero) is 1. The van der Waals surface area contributed by atoms with Crippen LogP contribution in [-0.2, 0) is 11.2 Å². The van der Waals surface area contributed by atoms with Crippen LogP contribution in [-0.4, -0.2) is 5.78 Å². The van der Waals surface area contributed by atoms with Crippen molar-refractivity contribution in [1.29, 1.82) is 0 Å². The highest BCUT2D eigenvalue weighted by Gasteiger charge is 2.21. The Hall–Kier alpha value is -1.63. The molecule has 0 bridgehead atoms. The smallest absolute Gasteiger partial charge is 0.137 e. The summed E-state index contributed by atoms with van der Waals surface area (Å²) < 4.78 is 0. The lowest BCUT2D eigenvalue weighted by Crippen LogP contribution is -2.02. The molecule has 0 heterocycles. The number of benzene rings is 2. The Morgan fingerprint density at radius 3 is 2.61 bits per heavy atom. The minimum absolute atomic E-state index is 0.386. The van der Waals surface area contributed by atoms with E-state index in [0.717, 1.165) is 24.3 Å². The second kappa shape index (κ2) is 4.93. The highest BCUT2D eigenvalue weighted by atomic mass is 16.1. The maximum Gasteiger partial charge on any atom is 0.137 e. The molecule has 1 heteroatoms. The fourth-order valence-corrected chi connectivity index (χ4v) is 2.44. The molecule has 0 N–H and O–H groups in total. The van der Waals surface area contributed by atoms with Gasteiger partial charge in [-0.1, -0.05) is 55.3 Å². The molecule has 0 unspecified atom stereocenters. The average molecular weight is 238 g/mol. The molecule has 1 saturated carbocycles. The first-order valence-corrected chi connectivity index (χ1v) is 6.80. The van der Waals surface area contributed by atoms with Crippen molar-refractivity contribution in [2.75, 3.05) is 0 Å². The number of hydrogen-bond acceptors (Lipinski definition) is 1. The van der Waals surface area contributed by atoms with Crippen LogP contribution in [0.3, 0.4) is 0 Å². The van der Waals surface area contributed by atoms with Gasteiger partial charge in [0.2, 0.25) is 0 Å². The van der Waals surface area contributed by atoms with Gasteiger partial charge in [-0.25, -0.2) is 0 Å². The molecule has 0 aromatic heterocycles. The Kier molecular flexibility index (Phi) is 3.14. The van der Waals surface area contributed by atoms with Gasteiger partial charge >= 0.3 is 0 Å². The first kappa shape index (κ1) is 11.5. The number of carbonyl (C=O) groups is 1. The van der Waals surface area contributed by atoms with Crippen LogP contribution in [0.2, 0.25) is 0 Å². The maximum atomic E-state index is 11.9. The molecule has 1 aliphatic carbocycles. The fourth-order valence-electron chi connectivity index (χ4n) is 2.44. The van der Waals surface area contributed by atoms with Gasteiger partial charge in [-0.05, 0) is 28.7 Å². The van der Waals surface area contributed by atoms with Gasteiger partial charge in [-0.3, -0.25) is 4.79 Å². The average Bonchev–Trinajstić information content (AvgIpc) is 3.20. The Morgan fingerprint density at radius 2 is 1.83 bits per heavy atom. The van der Waals surface area contributed by atoms with Crippen molar-refractivity contribution >= 4 is 16.6 Å². The zero-order valence-electron chi connectivity index (χ0n) is 10.6. The fraction of sp³-hybridized carbons (Fsp3) is 0.353. The lowest BCUT2D eigenvalue weighted by molar-refractivity contribution is -0.118. The van der Waals surface area contributed by atoms with Gasteiger partial charge < -0.3 is 0 Å². The summed E-state index contributed by atoms with van der Waals surface area (Å²) in [5.74, 6) is 1.24. The topological polar surface area (TPSA) is 17.1 Å². The number of rotatable bonds is 5. The summed E-state index contributed by atoms with van der Waals surface area (Å²) in [7, 11) is 0. The van der Waals surface area contributed by atoms with Crippen LogP contribution in [0, 0.1) is 5.92 Å². The normalized spacial score (nSPS) is 14.9. The Bertz CT molecular complexity index is 567. The minimum atomic E-state index is 0.386. The molecule has 1 aliphatic rings. The first-order valence-electron chi connectivity index (χ1n) is 6.80. The van der Waals surface area contributed by atoms with Gasteiger partial charge in [0.25, 0.3) is 0 Å². The molecule has 0 radical (unpaired) electrons. The SMILES string of the molecule is O=C(CCC1CC1)Cc1ccc2ccccc2c1. The monoisotopic (exact) mass is 238 g/mol. The summed E-state index contributed by atoms with van der Waals surface area (Å²) in [6, 6.07) is 14.6. The van der Waals surface area contributed by atoms with Crippen LogP contribution in [0.4, 0.5) is 0 Å². The summed E-state index contributed by atoms with van der Waals surface area (Å²) in [5, 5.41) is 2.47. The zero-order valence-corrected chi connectivity index (χ0v) is 10.6. The van der Waals surface area contributed by atoms with E-state index >= 15 is 0 Å². The number of ketones is 1. The molecule has 92 valence electrons. The predicted molar refractivity (Wildman–Crippen MR) is 74.6 cm³/mol. The number of hydrogen-bond donors (Lipinski definition) is 0. The molecule has 0 amide bonds. The third kappa shape index (κ3) is 2.79. The van der Waals surface area contributed by atoms with Crippen molar-refractivity contribution in [2.24, 2.45) is 5.92 Å².